The molecule has 1 atom stereocenters. The van der Waals surface area contributed by atoms with E-state index in [1.807, 2.05) is 12.1 Å². The van der Waals surface area contributed by atoms with Gasteiger partial charge in [-0.2, -0.15) is 0 Å². The Morgan fingerprint density at radius 2 is 1.75 bits per heavy atom. The molecule has 0 unspecified atom stereocenters. The Morgan fingerprint density at radius 1 is 1.06 bits per heavy atom. The zero-order valence-electron chi connectivity index (χ0n) is 19.2. The molecule has 32 heavy (non-hydrogen) atoms. The molecule has 2 aromatic rings. The molecule has 0 saturated carbocycles. The fourth-order valence-electron chi connectivity index (χ4n) is 4.03. The van der Waals surface area contributed by atoms with Gasteiger partial charge in [0.05, 0.1) is 5.56 Å². The lowest BCUT2D eigenvalue weighted by Crippen LogP contribution is -2.36. The lowest BCUT2D eigenvalue weighted by Gasteiger charge is -2.35. The van der Waals surface area contributed by atoms with E-state index in [9.17, 15) is 9.59 Å². The summed E-state index contributed by atoms with van der Waals surface area (Å²) >= 11 is 5.89. The van der Waals surface area contributed by atoms with Crippen molar-refractivity contribution in [3.05, 3.63) is 59.7 Å². The predicted octanol–water partition coefficient (Wildman–Crippen LogP) is 5.10. The number of rotatable bonds is 8. The summed E-state index contributed by atoms with van der Waals surface area (Å²) in [7, 11) is 0. The van der Waals surface area contributed by atoms with Gasteiger partial charge in [0, 0.05) is 31.0 Å². The highest BCUT2D eigenvalue weighted by Crippen LogP contribution is 2.30. The van der Waals surface area contributed by atoms with Crippen LogP contribution in [0.1, 0.15) is 49.5 Å². The van der Waals surface area contributed by atoms with E-state index >= 15 is 0 Å². The zero-order valence-corrected chi connectivity index (χ0v) is 20.0. The van der Waals surface area contributed by atoms with Crippen LogP contribution in [0.25, 0.3) is 0 Å². The van der Waals surface area contributed by atoms with Crippen LogP contribution in [0.3, 0.4) is 0 Å². The maximum absolute atomic E-state index is 13.0. The number of benzene rings is 2. The van der Waals surface area contributed by atoms with Crippen LogP contribution in [0.5, 0.6) is 0 Å². The van der Waals surface area contributed by atoms with Gasteiger partial charge in [-0.25, -0.2) is 0 Å². The highest BCUT2D eigenvalue weighted by Gasteiger charge is 2.24. The minimum absolute atomic E-state index is 0.116. The number of alkyl halides is 1. The van der Waals surface area contributed by atoms with E-state index in [0.29, 0.717) is 29.6 Å². The van der Waals surface area contributed by atoms with E-state index in [0.717, 1.165) is 38.0 Å². The highest BCUT2D eigenvalue weighted by molar-refractivity contribution is 6.32. The molecule has 6 heteroatoms. The number of hydrogen-bond donors (Lipinski definition) is 2. The van der Waals surface area contributed by atoms with E-state index in [4.69, 9.17) is 11.6 Å². The summed E-state index contributed by atoms with van der Waals surface area (Å²) in [5, 5.41) is 5.17. The number of carbonyl (C=O) groups is 2. The second kappa shape index (κ2) is 11.4. The van der Waals surface area contributed by atoms with Crippen LogP contribution in [0.4, 0.5) is 11.4 Å². The van der Waals surface area contributed by atoms with E-state index in [1.165, 1.54) is 5.56 Å². The maximum atomic E-state index is 13.0. The summed E-state index contributed by atoms with van der Waals surface area (Å²) in [6, 6.07) is 16.2. The van der Waals surface area contributed by atoms with Crippen LogP contribution in [-0.2, 0) is 11.2 Å². The second-order valence-corrected chi connectivity index (χ2v) is 9.72. The van der Waals surface area contributed by atoms with E-state index in [1.54, 1.807) is 13.0 Å². The van der Waals surface area contributed by atoms with Gasteiger partial charge in [0.2, 0.25) is 5.91 Å². The molecule has 0 bridgehead atoms. The third-order valence-corrected chi connectivity index (χ3v) is 6.06. The van der Waals surface area contributed by atoms with Crippen LogP contribution in [0.15, 0.2) is 48.5 Å². The molecule has 0 spiro atoms. The van der Waals surface area contributed by atoms with Crippen LogP contribution >= 0.6 is 11.6 Å². The van der Waals surface area contributed by atoms with Crippen LogP contribution in [0, 0.1) is 11.8 Å². The number of hydrogen-bond acceptors (Lipinski definition) is 3. The Kier molecular flexibility index (Phi) is 8.57. The van der Waals surface area contributed by atoms with E-state index in [-0.39, 0.29) is 11.8 Å². The maximum Gasteiger partial charge on any atom is 0.253 e. The van der Waals surface area contributed by atoms with Gasteiger partial charge in [0.15, 0.2) is 0 Å². The van der Waals surface area contributed by atoms with Gasteiger partial charge in [0.1, 0.15) is 5.38 Å². The molecule has 1 aliphatic heterocycles. The Labute approximate surface area is 196 Å². The number of nitrogens with zero attached hydrogens (tertiary/aromatic N) is 1. The van der Waals surface area contributed by atoms with Gasteiger partial charge in [-0.3, -0.25) is 9.59 Å². The smallest absolute Gasteiger partial charge is 0.253 e. The number of halogens is 1. The Morgan fingerprint density at radius 3 is 2.38 bits per heavy atom. The molecule has 5 nitrogen and oxygen atoms in total. The number of amides is 2. The average molecular weight is 456 g/mol. The standard InChI is InChI=1S/C26H34ClN3O2/c1-18(2)17-28-26(32)23-16-22(29-25(31)19(3)27)9-10-24(23)30-13-11-21(12-14-30)15-20-7-5-4-6-8-20/h4-10,16,18-19,21H,11-15,17H2,1-3H3,(H,28,32)(H,29,31)/t19-/m0/s1. The molecule has 1 saturated heterocycles. The van der Waals surface area contributed by atoms with Gasteiger partial charge in [-0.15, -0.1) is 11.6 Å². The average Bonchev–Trinajstić information content (AvgIpc) is 2.78. The quantitative estimate of drug-likeness (QED) is 0.544. The molecule has 172 valence electrons. The summed E-state index contributed by atoms with van der Waals surface area (Å²) in [5.41, 5.74) is 3.47. The molecule has 1 heterocycles. The lowest BCUT2D eigenvalue weighted by molar-refractivity contribution is -0.115. The summed E-state index contributed by atoms with van der Waals surface area (Å²) in [5.74, 6) is 0.608. The van der Waals surface area contributed by atoms with Gasteiger partial charge >= 0.3 is 0 Å². The van der Waals surface area contributed by atoms with Crippen molar-refractivity contribution in [3.8, 4) is 0 Å². The van der Waals surface area contributed by atoms with E-state index in [2.05, 4.69) is 59.7 Å². The van der Waals surface area contributed by atoms with Crippen LogP contribution in [-0.4, -0.2) is 36.8 Å². The molecule has 0 aromatic heterocycles. The third-order valence-electron chi connectivity index (χ3n) is 5.86. The number of carbonyl (C=O) groups excluding carboxylic acids is 2. The normalized spacial score (nSPS) is 15.5. The SMILES string of the molecule is CC(C)CNC(=O)c1cc(NC(=O)[C@H](C)Cl)ccc1N1CCC(Cc2ccccc2)CC1. The third kappa shape index (κ3) is 6.73. The summed E-state index contributed by atoms with van der Waals surface area (Å²) in [6.07, 6.45) is 3.27. The molecular weight excluding hydrogens is 422 g/mol. The van der Waals surface area contributed by atoms with Crippen molar-refractivity contribution in [1.82, 2.24) is 5.32 Å². The fraction of sp³-hybridized carbons (Fsp3) is 0.462. The highest BCUT2D eigenvalue weighted by atomic mass is 35.5. The lowest BCUT2D eigenvalue weighted by atomic mass is 9.89. The first-order valence-electron chi connectivity index (χ1n) is 11.5. The fourth-order valence-corrected chi connectivity index (χ4v) is 4.09. The molecule has 2 N–H and O–H groups in total. The van der Waals surface area contributed by atoms with Crippen molar-refractivity contribution in [2.45, 2.75) is 45.4 Å². The minimum atomic E-state index is -0.642. The van der Waals surface area contributed by atoms with Gasteiger partial charge in [-0.1, -0.05) is 44.2 Å². The van der Waals surface area contributed by atoms with Crippen molar-refractivity contribution in [3.63, 3.8) is 0 Å². The monoisotopic (exact) mass is 455 g/mol. The van der Waals surface area contributed by atoms with Crippen LogP contribution in [0.2, 0.25) is 0 Å². The van der Waals surface area contributed by atoms with Gasteiger partial charge < -0.3 is 15.5 Å². The molecule has 2 aromatic carbocycles. The Balaban J connectivity index is 1.74. The zero-order chi connectivity index (χ0) is 23.1. The Hall–Kier alpha value is -2.53. The van der Waals surface area contributed by atoms with Crippen molar-refractivity contribution in [2.24, 2.45) is 11.8 Å². The molecule has 1 aliphatic rings. The first kappa shape index (κ1) is 24.1. The first-order valence-corrected chi connectivity index (χ1v) is 11.9. The van der Waals surface area contributed by atoms with Crippen LogP contribution < -0.4 is 15.5 Å². The first-order chi connectivity index (χ1) is 15.3. The minimum Gasteiger partial charge on any atom is -0.371 e. The topological polar surface area (TPSA) is 61.4 Å². The van der Waals surface area contributed by atoms with Crippen molar-refractivity contribution < 1.29 is 9.59 Å². The number of nitrogens with one attached hydrogen (secondary N) is 2. The molecule has 3 rings (SSSR count). The van der Waals surface area contributed by atoms with Gasteiger partial charge in [-0.05, 0) is 61.8 Å². The van der Waals surface area contributed by atoms with Gasteiger partial charge in [0.25, 0.3) is 5.91 Å². The van der Waals surface area contributed by atoms with E-state index < -0.39 is 5.38 Å². The molecule has 0 radical (unpaired) electrons. The summed E-state index contributed by atoms with van der Waals surface area (Å²) in [4.78, 5) is 27.3. The summed E-state index contributed by atoms with van der Waals surface area (Å²) in [6.45, 7) is 8.18. The number of piperidine rings is 1. The van der Waals surface area contributed by atoms with Crippen molar-refractivity contribution in [2.75, 3.05) is 29.9 Å². The van der Waals surface area contributed by atoms with Crippen molar-refractivity contribution in [1.29, 1.82) is 0 Å². The Bertz CT molecular complexity index is 907. The van der Waals surface area contributed by atoms with Crippen molar-refractivity contribution >= 4 is 34.8 Å². The molecule has 0 aliphatic carbocycles. The predicted molar refractivity (Wildman–Crippen MR) is 133 cm³/mol. The molecular formula is C26H34ClN3O2. The second-order valence-electron chi connectivity index (χ2n) is 9.06. The molecule has 1 fully saturated rings. The number of anilines is 2. The molecule has 2 amide bonds. The largest absolute Gasteiger partial charge is 0.371 e. The summed E-state index contributed by atoms with van der Waals surface area (Å²) < 4.78 is 0.